The van der Waals surface area contributed by atoms with Crippen LogP contribution in [0.15, 0.2) is 18.2 Å². The van der Waals surface area contributed by atoms with Gasteiger partial charge in [-0.05, 0) is 37.5 Å². The van der Waals surface area contributed by atoms with Gasteiger partial charge in [-0.1, -0.05) is 6.07 Å². The fourth-order valence-corrected chi connectivity index (χ4v) is 1.68. The Morgan fingerprint density at radius 3 is 2.76 bits per heavy atom. The molecule has 0 spiro atoms. The number of amides is 1. The number of benzene rings is 1. The molecule has 0 bridgehead atoms. The Kier molecular flexibility index (Phi) is 2.76. The molecule has 4 nitrogen and oxygen atoms in total. The highest BCUT2D eigenvalue weighted by molar-refractivity contribution is 6.00. The van der Waals surface area contributed by atoms with Crippen LogP contribution in [0.1, 0.15) is 18.4 Å². The van der Waals surface area contributed by atoms with E-state index in [1.807, 2.05) is 19.1 Å². The molecule has 1 aromatic rings. The summed E-state index contributed by atoms with van der Waals surface area (Å²) < 4.78 is 5.17. The molecule has 0 heterocycles. The number of nitriles is 1. The maximum Gasteiger partial charge on any atom is 0.244 e. The van der Waals surface area contributed by atoms with E-state index >= 15 is 0 Å². The van der Waals surface area contributed by atoms with E-state index in [1.54, 1.807) is 13.2 Å². The van der Waals surface area contributed by atoms with Gasteiger partial charge in [0.05, 0.1) is 18.9 Å². The van der Waals surface area contributed by atoms with Crippen LogP contribution in [0.25, 0.3) is 0 Å². The Balaban J connectivity index is 2.21. The first-order chi connectivity index (χ1) is 8.11. The van der Waals surface area contributed by atoms with E-state index in [1.165, 1.54) is 0 Å². The van der Waals surface area contributed by atoms with Crippen molar-refractivity contribution in [1.82, 2.24) is 0 Å². The second-order valence-corrected chi connectivity index (χ2v) is 4.35. The molecule has 0 saturated heterocycles. The van der Waals surface area contributed by atoms with Crippen molar-refractivity contribution < 1.29 is 9.53 Å². The highest BCUT2D eigenvalue weighted by Gasteiger charge is 2.50. The maximum atomic E-state index is 11.9. The topological polar surface area (TPSA) is 62.1 Å². The summed E-state index contributed by atoms with van der Waals surface area (Å²) in [7, 11) is 1.55. The molecule has 0 radical (unpaired) electrons. The van der Waals surface area contributed by atoms with Crippen LogP contribution >= 0.6 is 0 Å². The lowest BCUT2D eigenvalue weighted by molar-refractivity contribution is -0.119. The summed E-state index contributed by atoms with van der Waals surface area (Å²) in [6.45, 7) is 1.94. The molecule has 1 aliphatic rings. The quantitative estimate of drug-likeness (QED) is 0.866. The van der Waals surface area contributed by atoms with Crippen LogP contribution in [-0.4, -0.2) is 13.0 Å². The van der Waals surface area contributed by atoms with Crippen molar-refractivity contribution in [2.24, 2.45) is 5.41 Å². The molecule has 88 valence electrons. The molecule has 17 heavy (non-hydrogen) atoms. The fourth-order valence-electron chi connectivity index (χ4n) is 1.68. The second-order valence-electron chi connectivity index (χ2n) is 4.35. The van der Waals surface area contributed by atoms with Gasteiger partial charge in [-0.15, -0.1) is 0 Å². The van der Waals surface area contributed by atoms with Gasteiger partial charge in [0.25, 0.3) is 0 Å². The number of aryl methyl sites for hydroxylation is 1. The number of hydrogen-bond acceptors (Lipinski definition) is 3. The molecule has 4 heteroatoms. The van der Waals surface area contributed by atoms with Crippen LogP contribution < -0.4 is 10.1 Å². The third-order valence-corrected chi connectivity index (χ3v) is 3.00. The standard InChI is InChI=1S/C13H14N2O2/c1-9-3-4-11(17-2)10(7-9)15-12(16)13(8-14)5-6-13/h3-4,7H,5-6H2,1-2H3,(H,15,16). The summed E-state index contributed by atoms with van der Waals surface area (Å²) in [4.78, 5) is 11.9. The fraction of sp³-hybridized carbons (Fsp3) is 0.385. The number of anilines is 1. The van der Waals surface area contributed by atoms with E-state index in [0.29, 0.717) is 24.3 Å². The second kappa shape index (κ2) is 4.10. The molecule has 0 aliphatic heterocycles. The molecule has 1 aromatic carbocycles. The number of carbonyl (C=O) groups excluding carboxylic acids is 1. The maximum absolute atomic E-state index is 11.9. The molecule has 1 N–H and O–H groups in total. The molecule has 0 unspecified atom stereocenters. The summed E-state index contributed by atoms with van der Waals surface area (Å²) >= 11 is 0. The van der Waals surface area contributed by atoms with E-state index in [9.17, 15) is 4.79 Å². The number of nitrogens with one attached hydrogen (secondary N) is 1. The Morgan fingerprint density at radius 2 is 2.24 bits per heavy atom. The smallest absolute Gasteiger partial charge is 0.244 e. The zero-order valence-electron chi connectivity index (χ0n) is 9.91. The minimum Gasteiger partial charge on any atom is -0.495 e. The highest BCUT2D eigenvalue weighted by atomic mass is 16.5. The minimum atomic E-state index is -0.811. The van der Waals surface area contributed by atoms with Crippen LogP contribution in [0.5, 0.6) is 5.75 Å². The number of carbonyl (C=O) groups is 1. The molecular formula is C13H14N2O2. The van der Waals surface area contributed by atoms with Crippen molar-refractivity contribution in [2.45, 2.75) is 19.8 Å². The highest BCUT2D eigenvalue weighted by Crippen LogP contribution is 2.46. The Hall–Kier alpha value is -2.02. The van der Waals surface area contributed by atoms with Crippen LogP contribution in [0.3, 0.4) is 0 Å². The van der Waals surface area contributed by atoms with Crippen molar-refractivity contribution in [3.63, 3.8) is 0 Å². The summed E-state index contributed by atoms with van der Waals surface area (Å²) in [5.41, 5.74) is 0.844. The summed E-state index contributed by atoms with van der Waals surface area (Å²) in [6.07, 6.45) is 1.28. The SMILES string of the molecule is COc1ccc(C)cc1NC(=O)C1(C#N)CC1. The predicted octanol–water partition coefficient (Wildman–Crippen LogP) is 2.25. The van der Waals surface area contributed by atoms with Gasteiger partial charge in [0.1, 0.15) is 11.2 Å². The lowest BCUT2D eigenvalue weighted by Crippen LogP contribution is -2.23. The Morgan fingerprint density at radius 1 is 1.53 bits per heavy atom. The number of nitrogens with zero attached hydrogens (tertiary/aromatic N) is 1. The monoisotopic (exact) mass is 230 g/mol. The van der Waals surface area contributed by atoms with Gasteiger partial charge in [-0.25, -0.2) is 0 Å². The first-order valence-corrected chi connectivity index (χ1v) is 5.49. The largest absolute Gasteiger partial charge is 0.495 e. The van der Waals surface area contributed by atoms with Gasteiger partial charge in [0.2, 0.25) is 5.91 Å². The lowest BCUT2D eigenvalue weighted by Gasteiger charge is -2.12. The van der Waals surface area contributed by atoms with E-state index in [-0.39, 0.29) is 5.91 Å². The Bertz CT molecular complexity index is 499. The summed E-state index contributed by atoms with van der Waals surface area (Å²) in [6, 6.07) is 7.62. The molecule has 0 atom stereocenters. The minimum absolute atomic E-state index is 0.232. The van der Waals surface area contributed by atoms with Crippen molar-refractivity contribution in [3.05, 3.63) is 23.8 Å². The van der Waals surface area contributed by atoms with Gasteiger partial charge in [-0.2, -0.15) is 5.26 Å². The van der Waals surface area contributed by atoms with Gasteiger partial charge >= 0.3 is 0 Å². The summed E-state index contributed by atoms with van der Waals surface area (Å²) in [5.74, 6) is 0.376. The predicted molar refractivity (Wildman–Crippen MR) is 63.6 cm³/mol. The van der Waals surface area contributed by atoms with E-state index in [2.05, 4.69) is 11.4 Å². The zero-order valence-corrected chi connectivity index (χ0v) is 9.91. The number of rotatable bonds is 3. The molecule has 0 aromatic heterocycles. The van der Waals surface area contributed by atoms with E-state index < -0.39 is 5.41 Å². The van der Waals surface area contributed by atoms with E-state index in [4.69, 9.17) is 10.00 Å². The number of hydrogen-bond donors (Lipinski definition) is 1. The third kappa shape index (κ3) is 2.09. The van der Waals surface area contributed by atoms with Crippen molar-refractivity contribution in [3.8, 4) is 11.8 Å². The van der Waals surface area contributed by atoms with E-state index in [0.717, 1.165) is 5.56 Å². The van der Waals surface area contributed by atoms with Gasteiger partial charge in [-0.3, -0.25) is 4.79 Å². The lowest BCUT2D eigenvalue weighted by atomic mass is 10.1. The molecule has 1 aliphatic carbocycles. The molecular weight excluding hydrogens is 216 g/mol. The molecule has 1 saturated carbocycles. The normalized spacial score (nSPS) is 15.8. The van der Waals surface area contributed by atoms with Crippen molar-refractivity contribution in [2.75, 3.05) is 12.4 Å². The molecule has 1 fully saturated rings. The molecule has 2 rings (SSSR count). The molecule has 1 amide bonds. The van der Waals surface area contributed by atoms with Crippen LogP contribution in [-0.2, 0) is 4.79 Å². The van der Waals surface area contributed by atoms with Crippen molar-refractivity contribution in [1.29, 1.82) is 5.26 Å². The number of ether oxygens (including phenoxy) is 1. The van der Waals surface area contributed by atoms with Crippen LogP contribution in [0, 0.1) is 23.7 Å². The van der Waals surface area contributed by atoms with Gasteiger partial charge in [0.15, 0.2) is 0 Å². The van der Waals surface area contributed by atoms with Crippen molar-refractivity contribution >= 4 is 11.6 Å². The van der Waals surface area contributed by atoms with Crippen LogP contribution in [0.2, 0.25) is 0 Å². The number of methoxy groups -OCH3 is 1. The van der Waals surface area contributed by atoms with Gasteiger partial charge in [0, 0.05) is 0 Å². The zero-order chi connectivity index (χ0) is 12.5. The van der Waals surface area contributed by atoms with Gasteiger partial charge < -0.3 is 10.1 Å². The third-order valence-electron chi connectivity index (χ3n) is 3.00. The average molecular weight is 230 g/mol. The first-order valence-electron chi connectivity index (χ1n) is 5.49. The Labute approximate surface area is 100 Å². The first kappa shape index (κ1) is 11.5. The summed E-state index contributed by atoms with van der Waals surface area (Å²) in [5, 5.41) is 11.7. The van der Waals surface area contributed by atoms with Crippen LogP contribution in [0.4, 0.5) is 5.69 Å². The average Bonchev–Trinajstić information content (AvgIpc) is 3.10.